The molecule has 1 saturated heterocycles. The van der Waals surface area contributed by atoms with Gasteiger partial charge in [-0.2, -0.15) is 4.31 Å². The van der Waals surface area contributed by atoms with E-state index in [0.717, 1.165) is 12.1 Å². The molecule has 1 fully saturated rings. The van der Waals surface area contributed by atoms with Gasteiger partial charge in [0, 0.05) is 55.0 Å². The zero-order valence-corrected chi connectivity index (χ0v) is 17.0. The van der Waals surface area contributed by atoms with Crippen LogP contribution < -0.4 is 0 Å². The second-order valence-electron chi connectivity index (χ2n) is 7.55. The summed E-state index contributed by atoms with van der Waals surface area (Å²) in [5.74, 6) is -0.578. The number of hydrogen-bond acceptors (Lipinski definition) is 5. The monoisotopic (exact) mass is 410 g/mol. The second-order valence-corrected chi connectivity index (χ2v) is 9.49. The van der Waals surface area contributed by atoms with Gasteiger partial charge in [0.05, 0.1) is 4.90 Å². The van der Waals surface area contributed by atoms with Crippen LogP contribution in [0.5, 0.6) is 0 Å². The molecule has 0 unspecified atom stereocenters. The maximum Gasteiger partial charge on any atom is 0.243 e. The third kappa shape index (κ3) is 3.46. The van der Waals surface area contributed by atoms with Crippen molar-refractivity contribution in [3.63, 3.8) is 0 Å². The van der Waals surface area contributed by atoms with Crippen molar-refractivity contribution in [2.24, 2.45) is 0 Å². The van der Waals surface area contributed by atoms with Crippen molar-refractivity contribution in [3.8, 4) is 0 Å². The van der Waals surface area contributed by atoms with Crippen molar-refractivity contribution >= 4 is 21.6 Å². The highest BCUT2D eigenvalue weighted by Crippen LogP contribution is 2.30. The van der Waals surface area contributed by atoms with Gasteiger partial charge in [-0.3, -0.25) is 14.5 Å². The van der Waals surface area contributed by atoms with Gasteiger partial charge in [-0.25, -0.2) is 8.42 Å². The second kappa shape index (κ2) is 7.33. The van der Waals surface area contributed by atoms with Gasteiger partial charge in [-0.05, 0) is 25.1 Å². The lowest BCUT2D eigenvalue weighted by atomic mass is 9.84. The van der Waals surface area contributed by atoms with Crippen LogP contribution in [0.15, 0.2) is 59.5 Å². The fraction of sp³-hybridized carbons (Fsp3) is 0.273. The van der Waals surface area contributed by atoms with Gasteiger partial charge >= 0.3 is 0 Å². The molecule has 2 aromatic carbocycles. The number of hydrogen-bond donors (Lipinski definition) is 0. The Hall–Kier alpha value is -2.61. The third-order valence-electron chi connectivity index (χ3n) is 5.36. The van der Waals surface area contributed by atoms with Crippen molar-refractivity contribution in [2.75, 3.05) is 32.7 Å². The average Bonchev–Trinajstić information content (AvgIpc) is 2.71. The molecule has 7 heteroatoms. The van der Waals surface area contributed by atoms with Crippen LogP contribution in [0.4, 0.5) is 0 Å². The standard InChI is InChI=1S/C22H22N2O4S/c1-15(2)14-23-9-11-24(12-10-23)29(27,28)16-7-8-19-20(13-16)22(26)18-6-4-3-5-17(18)21(19)25/h3-8,13H,1,9-12,14H2,2H3. The zero-order valence-electron chi connectivity index (χ0n) is 16.2. The van der Waals surface area contributed by atoms with Crippen LogP contribution in [0.3, 0.4) is 0 Å². The Kier molecular flexibility index (Phi) is 4.98. The van der Waals surface area contributed by atoms with Gasteiger partial charge in [0.15, 0.2) is 11.6 Å². The molecule has 2 aromatic rings. The van der Waals surface area contributed by atoms with E-state index >= 15 is 0 Å². The molecule has 6 nitrogen and oxygen atoms in total. The van der Waals surface area contributed by atoms with Gasteiger partial charge in [0.25, 0.3) is 0 Å². The van der Waals surface area contributed by atoms with Gasteiger partial charge in [-0.1, -0.05) is 36.4 Å². The van der Waals surface area contributed by atoms with Crippen LogP contribution in [0.1, 0.15) is 38.8 Å². The Morgan fingerprint density at radius 1 is 0.897 bits per heavy atom. The molecular weight excluding hydrogens is 388 g/mol. The first-order valence-electron chi connectivity index (χ1n) is 9.48. The van der Waals surface area contributed by atoms with Crippen LogP contribution in [-0.2, 0) is 10.0 Å². The minimum atomic E-state index is -3.74. The molecule has 0 aromatic heterocycles. The Balaban J connectivity index is 1.63. The first kappa shape index (κ1) is 19.7. The fourth-order valence-corrected chi connectivity index (χ4v) is 5.35. The predicted molar refractivity (Wildman–Crippen MR) is 110 cm³/mol. The first-order valence-corrected chi connectivity index (χ1v) is 10.9. The van der Waals surface area contributed by atoms with E-state index in [9.17, 15) is 18.0 Å². The van der Waals surface area contributed by atoms with Crippen LogP contribution in [0.25, 0.3) is 0 Å². The lowest BCUT2D eigenvalue weighted by molar-refractivity contribution is 0.0979. The van der Waals surface area contributed by atoms with Crippen molar-refractivity contribution in [1.82, 2.24) is 9.21 Å². The zero-order chi connectivity index (χ0) is 20.8. The number of benzene rings is 2. The predicted octanol–water partition coefficient (Wildman–Crippen LogP) is 2.34. The molecule has 4 rings (SSSR count). The molecule has 1 aliphatic carbocycles. The van der Waals surface area contributed by atoms with Gasteiger partial charge in [0.1, 0.15) is 0 Å². The number of fused-ring (bicyclic) bond motifs is 2. The van der Waals surface area contributed by atoms with Gasteiger partial charge in [0.2, 0.25) is 10.0 Å². The Morgan fingerprint density at radius 3 is 2.03 bits per heavy atom. The fourth-order valence-electron chi connectivity index (χ4n) is 3.90. The van der Waals surface area contributed by atoms with E-state index in [1.165, 1.54) is 22.5 Å². The smallest absolute Gasteiger partial charge is 0.243 e. The summed E-state index contributed by atoms with van der Waals surface area (Å²) in [5, 5.41) is 0. The largest absolute Gasteiger partial charge is 0.297 e. The van der Waals surface area contributed by atoms with E-state index in [4.69, 9.17) is 0 Å². The minimum absolute atomic E-state index is 0.0464. The van der Waals surface area contributed by atoms with Gasteiger partial charge < -0.3 is 0 Å². The summed E-state index contributed by atoms with van der Waals surface area (Å²) < 4.78 is 27.7. The van der Waals surface area contributed by atoms with E-state index in [-0.39, 0.29) is 27.6 Å². The number of carbonyl (C=O) groups excluding carboxylic acids is 2. The highest BCUT2D eigenvalue weighted by Gasteiger charge is 2.33. The van der Waals surface area contributed by atoms with Crippen molar-refractivity contribution in [2.45, 2.75) is 11.8 Å². The molecule has 0 saturated carbocycles. The summed E-state index contributed by atoms with van der Waals surface area (Å²) in [6, 6.07) is 10.8. The van der Waals surface area contributed by atoms with E-state index < -0.39 is 10.0 Å². The first-order chi connectivity index (χ1) is 13.8. The molecular formula is C22H22N2O4S. The highest BCUT2D eigenvalue weighted by molar-refractivity contribution is 7.89. The number of ketones is 2. The molecule has 0 N–H and O–H groups in total. The maximum atomic E-state index is 13.1. The molecule has 1 heterocycles. The van der Waals surface area contributed by atoms with E-state index in [2.05, 4.69) is 11.5 Å². The number of piperazine rings is 1. The molecule has 1 aliphatic heterocycles. The summed E-state index contributed by atoms with van der Waals surface area (Å²) >= 11 is 0. The van der Waals surface area contributed by atoms with Crippen LogP contribution >= 0.6 is 0 Å². The Labute approximate surface area is 170 Å². The van der Waals surface area contributed by atoms with Gasteiger partial charge in [-0.15, -0.1) is 0 Å². The normalized spacial score (nSPS) is 17.7. The Bertz CT molecular complexity index is 1130. The third-order valence-corrected chi connectivity index (χ3v) is 7.25. The lowest BCUT2D eigenvalue weighted by Crippen LogP contribution is -2.48. The quantitative estimate of drug-likeness (QED) is 0.617. The Morgan fingerprint density at radius 2 is 1.45 bits per heavy atom. The molecule has 0 atom stereocenters. The molecule has 29 heavy (non-hydrogen) atoms. The number of sulfonamides is 1. The number of carbonyl (C=O) groups is 2. The molecule has 0 bridgehead atoms. The maximum absolute atomic E-state index is 13.1. The summed E-state index contributed by atoms with van der Waals surface area (Å²) in [6.07, 6.45) is 0. The van der Waals surface area contributed by atoms with E-state index in [1.807, 2.05) is 6.92 Å². The van der Waals surface area contributed by atoms with Crippen LogP contribution in [0, 0.1) is 0 Å². The summed E-state index contributed by atoms with van der Waals surface area (Å²) in [6.45, 7) is 8.61. The SMILES string of the molecule is C=C(C)CN1CCN(S(=O)(=O)c2ccc3c(c2)C(=O)c2ccccc2C3=O)CC1. The highest BCUT2D eigenvalue weighted by atomic mass is 32.2. The molecule has 0 radical (unpaired) electrons. The van der Waals surface area contributed by atoms with Crippen molar-refractivity contribution in [1.29, 1.82) is 0 Å². The average molecular weight is 410 g/mol. The molecule has 0 spiro atoms. The topological polar surface area (TPSA) is 74.8 Å². The molecule has 2 aliphatic rings. The number of rotatable bonds is 4. The molecule has 0 amide bonds. The lowest BCUT2D eigenvalue weighted by Gasteiger charge is -2.34. The van der Waals surface area contributed by atoms with Crippen LogP contribution in [-0.4, -0.2) is 61.9 Å². The minimum Gasteiger partial charge on any atom is -0.297 e. The number of nitrogens with zero attached hydrogens (tertiary/aromatic N) is 2. The van der Waals surface area contributed by atoms with Crippen molar-refractivity contribution < 1.29 is 18.0 Å². The van der Waals surface area contributed by atoms with E-state index in [0.29, 0.717) is 37.3 Å². The molecule has 150 valence electrons. The van der Waals surface area contributed by atoms with E-state index in [1.54, 1.807) is 24.3 Å². The summed E-state index contributed by atoms with van der Waals surface area (Å²) in [4.78, 5) is 27.8. The summed E-state index contributed by atoms with van der Waals surface area (Å²) in [7, 11) is -3.74. The van der Waals surface area contributed by atoms with Crippen LogP contribution in [0.2, 0.25) is 0 Å². The summed E-state index contributed by atoms with van der Waals surface area (Å²) in [5.41, 5.74) is 2.11. The van der Waals surface area contributed by atoms with Crippen molar-refractivity contribution in [3.05, 3.63) is 76.9 Å².